The number of hydrogen-bond donors (Lipinski definition) is 15. The molecule has 2 aromatic heterocycles. The number of hydrogen-bond acceptors (Lipinski definition) is 24. The maximum Gasteiger partial charge on any atom is 0.490 e. The second kappa shape index (κ2) is 33.9. The quantitative estimate of drug-likeness (QED) is 0.0151. The Morgan fingerprint density at radius 1 is 0.867 bits per heavy atom. The van der Waals surface area contributed by atoms with Gasteiger partial charge in [-0.1, -0.05) is 39.5 Å². The van der Waals surface area contributed by atoms with E-state index in [-0.39, 0.29) is 112 Å². The lowest BCUT2D eigenvalue weighted by molar-refractivity contribution is -0.148. The fraction of sp³-hybridized carbons (Fsp3) is 0.636. The molecule has 38 nitrogen and oxygen atoms in total. The SMILES string of the molecule is CC(C)(CC(=O)N1CCCC1C(=O)NC(CCCCNC(=O)OC12CCC=C1CCC2)C(=O)N1CCCC1C(=O)NC(CC(=O)O)C(=O)NC(CC(=O)O)C(=O)O)SSCCC(=O)NCC#Cc1cn(C2CC(O)C(COP(=O)(O)OP(=O)(O)OP(=O)(O)O)O2)c2nc(N)[nH]c(=O)c12. The number of aromatic amines is 1. The second-order valence-electron chi connectivity index (χ2n) is 24.2. The normalized spacial score (nSPS) is 22.8. The van der Waals surface area contributed by atoms with E-state index in [1.807, 2.05) is 5.32 Å². The zero-order valence-corrected chi connectivity index (χ0v) is 57.2. The highest BCUT2D eigenvalue weighted by molar-refractivity contribution is 8.77. The maximum atomic E-state index is 14.6. The number of ether oxygens (including phenoxy) is 2. The van der Waals surface area contributed by atoms with E-state index >= 15 is 0 Å². The Labute approximate surface area is 566 Å². The van der Waals surface area contributed by atoms with Crippen molar-refractivity contribution < 1.29 is 124 Å². The van der Waals surface area contributed by atoms with Gasteiger partial charge in [0.1, 0.15) is 48.1 Å². The first-order chi connectivity index (χ1) is 45.9. The molecule has 0 bridgehead atoms. The third-order valence-corrected chi connectivity index (χ3v) is 23.4. The summed E-state index contributed by atoms with van der Waals surface area (Å²) in [5.41, 5.74) is 5.59. The van der Waals surface area contributed by atoms with E-state index in [0.717, 1.165) is 31.3 Å². The average Bonchev–Trinajstić information content (AvgIpc) is 1.62. The van der Waals surface area contributed by atoms with Gasteiger partial charge in [-0.15, -0.1) is 0 Å². The molecular formula is C55H78N11O27P3S2. The number of nitrogens with two attached hydrogens (primary N) is 1. The molecule has 43 heteroatoms. The van der Waals surface area contributed by atoms with Crippen LogP contribution in [0.1, 0.15) is 135 Å². The Hall–Kier alpha value is -6.95. The van der Waals surface area contributed by atoms with Gasteiger partial charge in [-0.2, -0.15) is 13.6 Å². The summed E-state index contributed by atoms with van der Waals surface area (Å²) in [5.74, 6) is -3.87. The van der Waals surface area contributed by atoms with Crippen molar-refractivity contribution in [1.29, 1.82) is 0 Å². The van der Waals surface area contributed by atoms with Crippen LogP contribution in [-0.2, 0) is 79.5 Å². The van der Waals surface area contributed by atoms with Gasteiger partial charge < -0.3 is 96.2 Å². The summed E-state index contributed by atoms with van der Waals surface area (Å²) < 4.78 is 59.2. The number of carbonyl (C=O) groups is 10. The molecule has 7 rings (SSSR count). The number of anilines is 1. The Morgan fingerprint density at radius 2 is 1.53 bits per heavy atom. The van der Waals surface area contributed by atoms with Crippen LogP contribution in [0.4, 0.5) is 10.7 Å². The molecule has 1 saturated carbocycles. The van der Waals surface area contributed by atoms with Crippen LogP contribution in [0.5, 0.6) is 0 Å². The molecule has 2 aliphatic carbocycles. The van der Waals surface area contributed by atoms with Gasteiger partial charge in [0.25, 0.3) is 5.56 Å². The smallest absolute Gasteiger partial charge is 0.481 e. The summed E-state index contributed by atoms with van der Waals surface area (Å²) in [5, 5.41) is 51.3. The summed E-state index contributed by atoms with van der Waals surface area (Å²) in [6.07, 6.45) is 1.91. The highest BCUT2D eigenvalue weighted by Crippen LogP contribution is 2.66. The van der Waals surface area contributed by atoms with E-state index in [0.29, 0.717) is 19.3 Å². The van der Waals surface area contributed by atoms with Gasteiger partial charge in [0.15, 0.2) is 5.65 Å². The number of phosphoric ester groups is 1. The molecule has 5 heterocycles. The molecule has 11 atom stereocenters. The standard InChI is InChI=1S/C55H78N11O27P3S2/c1-54(2,98-97-23-16-39(68)57-20-7-10-30-28-66(45-44(30)49(77)63-52(56)62-45)41-26-37(67)38(90-41)29-89-95(85,86)93-96(87,88)92-94(82,83)84)27-40(69)64-21-8-14-35(64)47(75)59-32(13-3-4-19-58-53(81)91-55-17-5-11-31(55)12-6-18-55)50(78)65-22-9-15-36(65)48(76)60-33(24-42(70)71)46(74)61-34(51(79)80)25-43(72)73/h11,28,32-38,41,67H,3-6,8-9,12-27,29H2,1-2H3,(H,57,68)(H,58,81)(H,59,75)(H,60,76)(H,61,74)(H,70,71)(H,72,73)(H,79,80)(H,85,86)(H,87,88)(H2,82,83,84)(H3,56,62,63,77). The molecule has 0 spiro atoms. The minimum atomic E-state index is -5.84. The third kappa shape index (κ3) is 22.3. The molecule has 4 fully saturated rings. The minimum absolute atomic E-state index is 0.00302. The number of carboxylic acids is 3. The minimum Gasteiger partial charge on any atom is -0.481 e. The van der Waals surface area contributed by atoms with E-state index in [4.69, 9.17) is 30.1 Å². The Kier molecular flexibility index (Phi) is 27.1. The molecule has 2 aromatic rings. The van der Waals surface area contributed by atoms with E-state index in [1.54, 1.807) is 13.8 Å². The number of H-pyrrole nitrogens is 1. The Morgan fingerprint density at radius 3 is 2.20 bits per heavy atom. The van der Waals surface area contributed by atoms with Gasteiger partial charge in [0, 0.05) is 55.6 Å². The van der Waals surface area contributed by atoms with Crippen molar-refractivity contribution in [2.75, 3.05) is 44.3 Å². The number of unbranched alkanes of at least 4 members (excludes halogenated alkanes) is 1. The fourth-order valence-corrected chi connectivity index (χ4v) is 17.4. The van der Waals surface area contributed by atoms with E-state index in [9.17, 15) is 91.5 Å². The van der Waals surface area contributed by atoms with Crippen molar-refractivity contribution in [2.24, 2.45) is 0 Å². The second-order valence-corrected chi connectivity index (χ2v) is 31.7. The highest BCUT2D eigenvalue weighted by Gasteiger charge is 2.47. The fourth-order valence-electron chi connectivity index (χ4n) is 11.9. The summed E-state index contributed by atoms with van der Waals surface area (Å²) >= 11 is 0. The van der Waals surface area contributed by atoms with Crippen molar-refractivity contribution in [3.63, 3.8) is 0 Å². The third-order valence-electron chi connectivity index (χ3n) is 16.3. The van der Waals surface area contributed by atoms with Crippen LogP contribution in [-0.4, -0.2) is 215 Å². The number of aliphatic carboxylic acids is 3. The molecule has 7 amide bonds. The molecule has 0 radical (unpaired) electrons. The summed E-state index contributed by atoms with van der Waals surface area (Å²) in [7, 11) is -14.5. The first-order valence-electron chi connectivity index (χ1n) is 30.9. The van der Waals surface area contributed by atoms with Crippen LogP contribution in [0.3, 0.4) is 0 Å². The van der Waals surface area contributed by atoms with Gasteiger partial charge in [-0.3, -0.25) is 52.7 Å². The number of carbonyl (C=O) groups excluding carboxylic acids is 7. The maximum absolute atomic E-state index is 14.6. The zero-order valence-electron chi connectivity index (χ0n) is 52.9. The number of nitrogens with one attached hydrogen (secondary N) is 6. The first-order valence-corrected chi connectivity index (χ1v) is 37.7. The lowest BCUT2D eigenvalue weighted by atomic mass is 9.99. The van der Waals surface area contributed by atoms with Gasteiger partial charge in [-0.05, 0) is 96.5 Å². The molecular weight excluding hydrogens is 1400 g/mol. The van der Waals surface area contributed by atoms with Crippen LogP contribution in [0.25, 0.3) is 11.0 Å². The Bertz CT molecular complexity index is 3690. The average molecular weight is 1480 g/mol. The largest absolute Gasteiger partial charge is 0.490 e. The number of aromatic nitrogens is 3. The number of nitrogen functional groups attached to an aromatic ring is 1. The number of aliphatic hydroxyl groups excluding tert-OH is 1. The molecule has 3 saturated heterocycles. The van der Waals surface area contributed by atoms with Crippen molar-refractivity contribution in [3.05, 3.63) is 33.8 Å². The van der Waals surface area contributed by atoms with Crippen molar-refractivity contribution >= 4 is 121 Å². The number of aliphatic hydroxyl groups is 1. The summed E-state index contributed by atoms with van der Waals surface area (Å²) in [6.45, 7) is 2.77. The van der Waals surface area contributed by atoms with Crippen LogP contribution < -0.4 is 37.9 Å². The lowest BCUT2D eigenvalue weighted by Crippen LogP contribution is -2.58. The summed E-state index contributed by atoms with van der Waals surface area (Å²) in [6, 6.07) is -7.49. The molecule has 5 aliphatic rings. The predicted molar refractivity (Wildman–Crippen MR) is 342 cm³/mol. The van der Waals surface area contributed by atoms with Crippen LogP contribution in [0, 0.1) is 11.8 Å². The molecule has 11 unspecified atom stereocenters. The number of amides is 7. The number of fused-ring (bicyclic) bond motifs is 2. The van der Waals surface area contributed by atoms with Crippen LogP contribution in [0.15, 0.2) is 22.6 Å². The van der Waals surface area contributed by atoms with E-state index in [1.165, 1.54) is 42.2 Å². The number of rotatable bonds is 34. The van der Waals surface area contributed by atoms with Crippen molar-refractivity contribution in [1.82, 2.24) is 50.9 Å². The lowest BCUT2D eigenvalue weighted by Gasteiger charge is -2.32. The molecule has 542 valence electrons. The number of alkyl carbamates (subject to hydrolysis) is 1. The topological polar surface area (TPSA) is 573 Å². The summed E-state index contributed by atoms with van der Waals surface area (Å²) in [4.78, 5) is 190. The number of carboxylic acid groups (broad SMARTS) is 3. The number of likely N-dealkylation sites (tertiary alicyclic amines) is 2. The van der Waals surface area contributed by atoms with E-state index < -0.39 is 161 Å². The number of phosphoric acid groups is 3. The monoisotopic (exact) mass is 1480 g/mol. The zero-order chi connectivity index (χ0) is 72.1. The van der Waals surface area contributed by atoms with E-state index in [2.05, 4.69) is 62.3 Å². The van der Waals surface area contributed by atoms with Crippen molar-refractivity contribution in [2.45, 2.75) is 182 Å². The van der Waals surface area contributed by atoms with Gasteiger partial charge >= 0.3 is 47.5 Å². The van der Waals surface area contributed by atoms with Crippen molar-refractivity contribution in [3.8, 4) is 11.8 Å². The number of allylic oxidation sites excluding steroid dienone is 1. The molecule has 0 aromatic carbocycles. The predicted octanol–water partition coefficient (Wildman–Crippen LogP) is 0.716. The molecule has 3 aliphatic heterocycles. The number of nitrogens with zero attached hydrogens (tertiary/aromatic N) is 4. The molecule has 16 N–H and O–H groups in total. The van der Waals surface area contributed by atoms with Crippen LogP contribution >= 0.6 is 45.1 Å². The Balaban J connectivity index is 0.915. The van der Waals surface area contributed by atoms with Gasteiger partial charge in [-0.25, -0.2) is 23.3 Å². The highest BCUT2D eigenvalue weighted by atomic mass is 33.1. The van der Waals surface area contributed by atoms with Gasteiger partial charge in [0.2, 0.25) is 41.4 Å². The molecule has 98 heavy (non-hydrogen) atoms. The van der Waals surface area contributed by atoms with Gasteiger partial charge in [0.05, 0.1) is 43.0 Å². The van der Waals surface area contributed by atoms with Crippen LogP contribution in [0.2, 0.25) is 0 Å². The first kappa shape index (κ1) is 78.4.